The van der Waals surface area contributed by atoms with Gasteiger partial charge in [-0.25, -0.2) is 9.59 Å². The summed E-state index contributed by atoms with van der Waals surface area (Å²) >= 11 is 2.01. The summed E-state index contributed by atoms with van der Waals surface area (Å²) in [5.74, 6) is -1.33. The van der Waals surface area contributed by atoms with E-state index in [1.807, 2.05) is 22.6 Å². The third-order valence-electron chi connectivity index (χ3n) is 1.63. The fraction of sp³-hybridized carbons (Fsp3) is 0. The first-order chi connectivity index (χ1) is 8.15. The molecular formula is C12H7IO4. The quantitative estimate of drug-likeness (QED) is 0.278. The molecule has 0 fully saturated rings. The molecule has 0 aliphatic carbocycles. The van der Waals surface area contributed by atoms with E-state index in [9.17, 15) is 9.59 Å². The van der Waals surface area contributed by atoms with Crippen molar-refractivity contribution in [2.75, 3.05) is 0 Å². The standard InChI is InChI=1S/C12H7IO4/c1-2-16-11(14)7-8-17-12(15)9-5-3-4-6-10(9)13/h1,3-8H/b8-7+. The Morgan fingerprint density at radius 3 is 2.71 bits per heavy atom. The number of hydrogen-bond acceptors (Lipinski definition) is 4. The molecule has 0 atom stereocenters. The van der Waals surface area contributed by atoms with Gasteiger partial charge in [0, 0.05) is 3.57 Å². The number of terminal acetylenes is 1. The fourth-order valence-electron chi connectivity index (χ4n) is 0.934. The lowest BCUT2D eigenvalue weighted by atomic mass is 10.2. The highest BCUT2D eigenvalue weighted by atomic mass is 127. The van der Waals surface area contributed by atoms with Gasteiger partial charge in [-0.05, 0) is 34.7 Å². The second-order valence-electron chi connectivity index (χ2n) is 2.73. The molecule has 0 heterocycles. The number of benzene rings is 1. The summed E-state index contributed by atoms with van der Waals surface area (Å²) in [5.41, 5.74) is 0.420. The van der Waals surface area contributed by atoms with Gasteiger partial charge in [0.1, 0.15) is 12.4 Å². The molecule has 0 saturated carbocycles. The van der Waals surface area contributed by atoms with Crippen LogP contribution in [-0.4, -0.2) is 11.9 Å². The van der Waals surface area contributed by atoms with Gasteiger partial charge >= 0.3 is 11.9 Å². The highest BCUT2D eigenvalue weighted by Gasteiger charge is 2.09. The van der Waals surface area contributed by atoms with Crippen LogP contribution in [0.15, 0.2) is 36.6 Å². The van der Waals surface area contributed by atoms with E-state index < -0.39 is 11.9 Å². The highest BCUT2D eigenvalue weighted by Crippen LogP contribution is 2.12. The van der Waals surface area contributed by atoms with Crippen molar-refractivity contribution in [3.63, 3.8) is 0 Å². The monoisotopic (exact) mass is 342 g/mol. The van der Waals surface area contributed by atoms with Gasteiger partial charge in [-0.3, -0.25) is 0 Å². The number of rotatable bonds is 3. The van der Waals surface area contributed by atoms with E-state index in [0.717, 1.165) is 15.9 Å². The Kier molecular flexibility index (Phi) is 5.23. The average molecular weight is 342 g/mol. The summed E-state index contributed by atoms with van der Waals surface area (Å²) in [5, 5.41) is 0. The molecular weight excluding hydrogens is 335 g/mol. The molecule has 1 aromatic rings. The summed E-state index contributed by atoms with van der Waals surface area (Å²) in [6.07, 6.45) is 8.30. The summed E-state index contributed by atoms with van der Waals surface area (Å²) in [6, 6.07) is 6.92. The molecule has 0 amide bonds. The van der Waals surface area contributed by atoms with Crippen LogP contribution in [0, 0.1) is 16.1 Å². The van der Waals surface area contributed by atoms with Crippen LogP contribution in [0.2, 0.25) is 0 Å². The van der Waals surface area contributed by atoms with Crippen molar-refractivity contribution in [3.05, 3.63) is 45.7 Å². The SMILES string of the molecule is C#COC(=O)/C=C/OC(=O)c1ccccc1I. The molecule has 0 aliphatic rings. The molecule has 17 heavy (non-hydrogen) atoms. The van der Waals surface area contributed by atoms with Crippen molar-refractivity contribution in [1.29, 1.82) is 0 Å². The Hall–Kier alpha value is -1.81. The minimum absolute atomic E-state index is 0.420. The third-order valence-corrected chi connectivity index (χ3v) is 2.57. The highest BCUT2D eigenvalue weighted by molar-refractivity contribution is 14.1. The lowest BCUT2D eigenvalue weighted by Gasteiger charge is -2.00. The van der Waals surface area contributed by atoms with Crippen LogP contribution in [0.1, 0.15) is 10.4 Å². The average Bonchev–Trinajstić information content (AvgIpc) is 2.29. The first-order valence-electron chi connectivity index (χ1n) is 4.43. The van der Waals surface area contributed by atoms with Crippen LogP contribution >= 0.6 is 22.6 Å². The van der Waals surface area contributed by atoms with Crippen LogP contribution in [0.3, 0.4) is 0 Å². The van der Waals surface area contributed by atoms with Gasteiger partial charge in [-0.1, -0.05) is 18.6 Å². The number of esters is 2. The van der Waals surface area contributed by atoms with Gasteiger partial charge in [0.05, 0.1) is 11.6 Å². The van der Waals surface area contributed by atoms with E-state index in [1.54, 1.807) is 30.4 Å². The van der Waals surface area contributed by atoms with Crippen LogP contribution < -0.4 is 0 Å². The molecule has 0 aliphatic heterocycles. The van der Waals surface area contributed by atoms with Crippen LogP contribution in [0.5, 0.6) is 0 Å². The maximum Gasteiger partial charge on any atom is 0.347 e. The molecule has 1 aromatic carbocycles. The molecule has 0 aromatic heterocycles. The van der Waals surface area contributed by atoms with Crippen LogP contribution in [0.25, 0.3) is 0 Å². The molecule has 1 rings (SSSR count). The Balaban J connectivity index is 2.60. The molecule has 86 valence electrons. The van der Waals surface area contributed by atoms with E-state index >= 15 is 0 Å². The maximum atomic E-state index is 11.5. The predicted octanol–water partition coefficient (Wildman–Crippen LogP) is 2.10. The molecule has 0 N–H and O–H groups in total. The summed E-state index contributed by atoms with van der Waals surface area (Å²) < 4.78 is 9.65. The summed E-state index contributed by atoms with van der Waals surface area (Å²) in [6.45, 7) is 0. The minimum atomic E-state index is -0.775. The second-order valence-corrected chi connectivity index (χ2v) is 3.89. The van der Waals surface area contributed by atoms with Gasteiger partial charge in [0.25, 0.3) is 0 Å². The summed E-state index contributed by atoms with van der Waals surface area (Å²) in [4.78, 5) is 22.3. The number of carbonyl (C=O) groups excluding carboxylic acids is 2. The van der Waals surface area contributed by atoms with Crippen molar-refractivity contribution >= 4 is 34.5 Å². The van der Waals surface area contributed by atoms with Crippen LogP contribution in [0.4, 0.5) is 0 Å². The molecule has 0 radical (unpaired) electrons. The molecule has 0 spiro atoms. The predicted molar refractivity (Wildman–Crippen MR) is 68.6 cm³/mol. The van der Waals surface area contributed by atoms with Crippen molar-refractivity contribution in [3.8, 4) is 12.5 Å². The van der Waals surface area contributed by atoms with Gasteiger partial charge < -0.3 is 9.47 Å². The summed E-state index contributed by atoms with van der Waals surface area (Å²) in [7, 11) is 0. The largest absolute Gasteiger partial charge is 0.431 e. The van der Waals surface area contributed by atoms with Crippen molar-refractivity contribution in [1.82, 2.24) is 0 Å². The van der Waals surface area contributed by atoms with Gasteiger partial charge in [0.2, 0.25) is 0 Å². The zero-order valence-corrected chi connectivity index (χ0v) is 10.7. The Labute approximate surface area is 112 Å². The Morgan fingerprint density at radius 2 is 2.06 bits per heavy atom. The molecule has 0 saturated heterocycles. The lowest BCUT2D eigenvalue weighted by molar-refractivity contribution is -0.131. The van der Waals surface area contributed by atoms with Gasteiger partial charge in [-0.15, -0.1) is 0 Å². The molecule has 5 heteroatoms. The van der Waals surface area contributed by atoms with E-state index in [4.69, 9.17) is 11.2 Å². The van der Waals surface area contributed by atoms with Crippen LogP contribution in [-0.2, 0) is 14.3 Å². The Morgan fingerprint density at radius 1 is 1.35 bits per heavy atom. The fourth-order valence-corrected chi connectivity index (χ4v) is 1.54. The van der Waals surface area contributed by atoms with Crippen molar-refractivity contribution in [2.24, 2.45) is 0 Å². The maximum absolute atomic E-state index is 11.5. The van der Waals surface area contributed by atoms with Crippen molar-refractivity contribution < 1.29 is 19.1 Å². The first kappa shape index (κ1) is 13.3. The molecule has 4 nitrogen and oxygen atoms in total. The molecule has 0 bridgehead atoms. The first-order valence-corrected chi connectivity index (χ1v) is 5.51. The Bertz CT molecular complexity index is 499. The second kappa shape index (κ2) is 6.70. The number of carbonyl (C=O) groups is 2. The number of hydrogen-bond donors (Lipinski definition) is 0. The minimum Gasteiger partial charge on any atom is -0.431 e. The third kappa shape index (κ3) is 4.28. The normalized spacial score (nSPS) is 9.65. The van der Waals surface area contributed by atoms with E-state index in [-0.39, 0.29) is 0 Å². The van der Waals surface area contributed by atoms with E-state index in [0.29, 0.717) is 5.56 Å². The molecule has 0 unspecified atom stereocenters. The zero-order chi connectivity index (χ0) is 12.7. The van der Waals surface area contributed by atoms with Crippen molar-refractivity contribution in [2.45, 2.75) is 0 Å². The van der Waals surface area contributed by atoms with Gasteiger partial charge in [0.15, 0.2) is 0 Å². The van der Waals surface area contributed by atoms with E-state index in [2.05, 4.69) is 4.74 Å². The topological polar surface area (TPSA) is 52.6 Å². The van der Waals surface area contributed by atoms with E-state index in [1.165, 1.54) is 0 Å². The lowest BCUT2D eigenvalue weighted by Crippen LogP contribution is -2.03. The smallest absolute Gasteiger partial charge is 0.347 e. The number of halogens is 1. The number of ether oxygens (including phenoxy) is 2. The van der Waals surface area contributed by atoms with Gasteiger partial charge in [-0.2, -0.15) is 0 Å². The zero-order valence-electron chi connectivity index (χ0n) is 8.55.